The molecule has 0 saturated heterocycles. The molecule has 72 heavy (non-hydrogen) atoms. The highest BCUT2D eigenvalue weighted by atomic mass is 16.6. The van der Waals surface area contributed by atoms with Crippen molar-refractivity contribution < 1.29 is 28.6 Å². The number of hydrogen-bond acceptors (Lipinski definition) is 6. The molecule has 0 fully saturated rings. The van der Waals surface area contributed by atoms with Crippen molar-refractivity contribution in [3.8, 4) is 0 Å². The summed E-state index contributed by atoms with van der Waals surface area (Å²) in [7, 11) is 0. The number of esters is 3. The van der Waals surface area contributed by atoms with Crippen LogP contribution in [0.2, 0.25) is 0 Å². The summed E-state index contributed by atoms with van der Waals surface area (Å²) in [5.41, 5.74) is 0. The van der Waals surface area contributed by atoms with Gasteiger partial charge < -0.3 is 14.2 Å². The summed E-state index contributed by atoms with van der Waals surface area (Å²) >= 11 is 0. The van der Waals surface area contributed by atoms with Gasteiger partial charge in [0.2, 0.25) is 0 Å². The molecular formula is C66H104O6. The Balaban J connectivity index is 4.58. The molecule has 0 radical (unpaired) electrons. The van der Waals surface area contributed by atoms with E-state index in [1.165, 1.54) is 96.3 Å². The summed E-state index contributed by atoms with van der Waals surface area (Å²) in [6.07, 6.45) is 83.9. The number of rotatable bonds is 50. The van der Waals surface area contributed by atoms with Gasteiger partial charge in [0, 0.05) is 19.3 Å². The molecule has 0 aliphatic rings. The van der Waals surface area contributed by atoms with Crippen LogP contribution >= 0.6 is 0 Å². The summed E-state index contributed by atoms with van der Waals surface area (Å²) in [5, 5.41) is 0. The SMILES string of the molecule is CC\C=C/C=C\C=C/C=C\C=C\C=C/C=C\CCCCCC(=O)OCC(COC(=O)CCCCCCCCC/C=C\CCCCCCCC)OC(=O)CCCCCCC\C=C/C=C\C=C/C=C\CCCCC. The molecule has 0 heterocycles. The minimum absolute atomic E-state index is 0.111. The first kappa shape index (κ1) is 67.3. The van der Waals surface area contributed by atoms with E-state index in [9.17, 15) is 14.4 Å². The molecular weight excluding hydrogens is 889 g/mol. The summed E-state index contributed by atoms with van der Waals surface area (Å²) in [6, 6.07) is 0. The Labute approximate surface area is 442 Å². The molecule has 1 atom stereocenters. The number of ether oxygens (including phenoxy) is 3. The largest absolute Gasteiger partial charge is 0.462 e. The van der Waals surface area contributed by atoms with Gasteiger partial charge in [0.25, 0.3) is 0 Å². The third-order valence-electron chi connectivity index (χ3n) is 11.8. The van der Waals surface area contributed by atoms with Crippen LogP contribution in [0.3, 0.4) is 0 Å². The summed E-state index contributed by atoms with van der Waals surface area (Å²) in [5.74, 6) is -0.989. The van der Waals surface area contributed by atoms with Crippen molar-refractivity contribution in [2.24, 2.45) is 0 Å². The van der Waals surface area contributed by atoms with Crippen LogP contribution in [0.5, 0.6) is 0 Å². The highest BCUT2D eigenvalue weighted by Gasteiger charge is 2.19. The molecule has 0 aliphatic heterocycles. The van der Waals surface area contributed by atoms with E-state index in [1.807, 2.05) is 72.9 Å². The lowest BCUT2D eigenvalue weighted by Gasteiger charge is -2.18. The van der Waals surface area contributed by atoms with Crippen molar-refractivity contribution in [3.05, 3.63) is 146 Å². The summed E-state index contributed by atoms with van der Waals surface area (Å²) in [6.45, 7) is 6.38. The lowest BCUT2D eigenvalue weighted by atomic mass is 10.1. The van der Waals surface area contributed by atoms with E-state index in [4.69, 9.17) is 14.2 Å². The third-order valence-corrected chi connectivity index (χ3v) is 11.8. The quantitative estimate of drug-likeness (QED) is 0.0199. The van der Waals surface area contributed by atoms with E-state index in [1.54, 1.807) is 0 Å². The second kappa shape index (κ2) is 58.9. The molecule has 0 amide bonds. The average Bonchev–Trinajstić information content (AvgIpc) is 3.38. The van der Waals surface area contributed by atoms with Gasteiger partial charge in [-0.1, -0.05) is 269 Å². The Morgan fingerprint density at radius 3 is 0.931 bits per heavy atom. The van der Waals surface area contributed by atoms with Gasteiger partial charge in [-0.3, -0.25) is 14.4 Å². The number of unbranched alkanes of at least 4 members (excludes halogenated alkanes) is 24. The van der Waals surface area contributed by atoms with E-state index < -0.39 is 6.10 Å². The van der Waals surface area contributed by atoms with Gasteiger partial charge in [0.15, 0.2) is 6.10 Å². The van der Waals surface area contributed by atoms with Gasteiger partial charge in [-0.25, -0.2) is 0 Å². The normalized spacial score (nSPS) is 13.2. The molecule has 0 rings (SSSR count). The number of carbonyl (C=O) groups excluding carboxylic acids is 3. The summed E-state index contributed by atoms with van der Waals surface area (Å²) in [4.78, 5) is 38.2. The molecule has 0 N–H and O–H groups in total. The molecule has 0 spiro atoms. The minimum atomic E-state index is -0.819. The first-order valence-corrected chi connectivity index (χ1v) is 29.0. The van der Waals surface area contributed by atoms with Crippen LogP contribution in [-0.4, -0.2) is 37.2 Å². The first-order valence-electron chi connectivity index (χ1n) is 29.0. The highest BCUT2D eigenvalue weighted by Crippen LogP contribution is 2.14. The Bertz CT molecular complexity index is 1610. The van der Waals surface area contributed by atoms with Crippen molar-refractivity contribution in [2.45, 2.75) is 239 Å². The second-order valence-corrected chi connectivity index (χ2v) is 18.7. The standard InChI is InChI=1S/C66H104O6/c1-4-7-10-13-16-19-22-25-28-31-33-36-38-41-44-47-50-53-56-59-65(68)71-62-63(61-70-64(67)58-55-52-49-46-43-40-37-34-30-27-24-21-18-15-12-9-6-3)72-66(69)60-57-54-51-48-45-42-39-35-32-29-26-23-20-17-14-11-8-5-2/h7,10,13,16-17,19-20,22-23,25-33,35-36,38-39,41,44,63H,4-6,8-9,11-12,14-15,18,21,24,34,37,40,42-43,45-62H2,1-3H3/b10-7-,16-13-,20-17-,22-19-,26-23-,28-25-,30-27-,32-29-,33-31+,38-36-,39-35-,44-41-. The van der Waals surface area contributed by atoms with Gasteiger partial charge in [-0.05, 0) is 89.9 Å². The fourth-order valence-corrected chi connectivity index (χ4v) is 7.49. The van der Waals surface area contributed by atoms with Gasteiger partial charge in [-0.15, -0.1) is 0 Å². The van der Waals surface area contributed by atoms with Crippen molar-refractivity contribution in [2.75, 3.05) is 13.2 Å². The highest BCUT2D eigenvalue weighted by molar-refractivity contribution is 5.71. The maximum absolute atomic E-state index is 12.9. The Morgan fingerprint density at radius 1 is 0.292 bits per heavy atom. The molecule has 6 heteroatoms. The molecule has 0 aliphatic carbocycles. The molecule has 0 bridgehead atoms. The van der Waals surface area contributed by atoms with Gasteiger partial charge >= 0.3 is 17.9 Å². The van der Waals surface area contributed by atoms with Gasteiger partial charge in [0.1, 0.15) is 13.2 Å². The van der Waals surface area contributed by atoms with Crippen LogP contribution in [0, 0.1) is 0 Å². The van der Waals surface area contributed by atoms with Crippen molar-refractivity contribution in [1.29, 1.82) is 0 Å². The minimum Gasteiger partial charge on any atom is -0.462 e. The Hall–Kier alpha value is -4.71. The van der Waals surface area contributed by atoms with Gasteiger partial charge in [0.05, 0.1) is 0 Å². The predicted molar refractivity (Wildman–Crippen MR) is 311 cm³/mol. The summed E-state index contributed by atoms with van der Waals surface area (Å²) < 4.78 is 16.8. The Kier molecular flexibility index (Phi) is 55.0. The number of allylic oxidation sites excluding steroid dienone is 24. The number of carbonyl (C=O) groups is 3. The van der Waals surface area contributed by atoms with E-state index in [0.717, 1.165) is 96.3 Å². The van der Waals surface area contributed by atoms with E-state index in [2.05, 4.69) is 93.7 Å². The van der Waals surface area contributed by atoms with Crippen LogP contribution < -0.4 is 0 Å². The molecule has 6 nitrogen and oxygen atoms in total. The smallest absolute Gasteiger partial charge is 0.306 e. The number of hydrogen-bond donors (Lipinski definition) is 0. The maximum atomic E-state index is 12.9. The maximum Gasteiger partial charge on any atom is 0.306 e. The molecule has 0 aromatic carbocycles. The van der Waals surface area contributed by atoms with Crippen molar-refractivity contribution in [3.63, 3.8) is 0 Å². The zero-order valence-corrected chi connectivity index (χ0v) is 46.1. The van der Waals surface area contributed by atoms with Crippen LogP contribution in [-0.2, 0) is 28.6 Å². The van der Waals surface area contributed by atoms with Crippen LogP contribution in [0.1, 0.15) is 233 Å². The van der Waals surface area contributed by atoms with Crippen molar-refractivity contribution >= 4 is 17.9 Å². The third kappa shape index (κ3) is 56.2. The zero-order chi connectivity index (χ0) is 52.2. The van der Waals surface area contributed by atoms with Gasteiger partial charge in [-0.2, -0.15) is 0 Å². The van der Waals surface area contributed by atoms with Crippen LogP contribution in [0.15, 0.2) is 146 Å². The average molecular weight is 994 g/mol. The molecule has 1 unspecified atom stereocenters. The Morgan fingerprint density at radius 2 is 0.556 bits per heavy atom. The second-order valence-electron chi connectivity index (χ2n) is 18.7. The lowest BCUT2D eigenvalue weighted by Crippen LogP contribution is -2.30. The topological polar surface area (TPSA) is 78.9 Å². The van der Waals surface area contributed by atoms with E-state index in [0.29, 0.717) is 12.8 Å². The van der Waals surface area contributed by atoms with Crippen LogP contribution in [0.4, 0.5) is 0 Å². The molecule has 404 valence electrons. The fourth-order valence-electron chi connectivity index (χ4n) is 7.49. The molecule has 0 aromatic heterocycles. The first-order chi connectivity index (χ1) is 35.5. The monoisotopic (exact) mass is 993 g/mol. The fraction of sp³-hybridized carbons (Fsp3) is 0.591. The van der Waals surface area contributed by atoms with E-state index in [-0.39, 0.29) is 37.5 Å². The zero-order valence-electron chi connectivity index (χ0n) is 46.1. The predicted octanol–water partition coefficient (Wildman–Crippen LogP) is 19.6. The van der Waals surface area contributed by atoms with E-state index >= 15 is 0 Å². The molecule has 0 saturated carbocycles. The molecule has 0 aromatic rings. The van der Waals surface area contributed by atoms with Crippen molar-refractivity contribution in [1.82, 2.24) is 0 Å². The van der Waals surface area contributed by atoms with Crippen LogP contribution in [0.25, 0.3) is 0 Å². The lowest BCUT2D eigenvalue weighted by molar-refractivity contribution is -0.167.